The Labute approximate surface area is 99.4 Å². The van der Waals surface area contributed by atoms with Crippen LogP contribution >= 0.6 is 0 Å². The number of imide groups is 1. The van der Waals surface area contributed by atoms with E-state index in [1.54, 1.807) is 4.90 Å². The van der Waals surface area contributed by atoms with E-state index in [1.807, 2.05) is 31.2 Å². The minimum absolute atomic E-state index is 0.176. The highest BCUT2D eigenvalue weighted by molar-refractivity contribution is 6.02. The maximum atomic E-state index is 11.3. The summed E-state index contributed by atoms with van der Waals surface area (Å²) in [5.41, 5.74) is 0.776. The average Bonchev–Trinajstić information content (AvgIpc) is 2.29. The number of nitrogens with zero attached hydrogens (tertiary/aromatic N) is 1. The fraction of sp³-hybridized carbons (Fsp3) is 0.333. The first-order valence-electron chi connectivity index (χ1n) is 5.50. The molecular weight excluding hydrogens is 220 g/mol. The van der Waals surface area contributed by atoms with Crippen LogP contribution in [0.4, 0.5) is 5.69 Å². The molecule has 0 unspecified atom stereocenters. The molecule has 5 heteroatoms. The number of piperazine rings is 1. The van der Waals surface area contributed by atoms with E-state index < -0.39 is 0 Å². The first-order valence-corrected chi connectivity index (χ1v) is 5.50. The Morgan fingerprint density at radius 1 is 1.24 bits per heavy atom. The van der Waals surface area contributed by atoms with Gasteiger partial charge in [-0.1, -0.05) is 12.1 Å². The Balaban J connectivity index is 2.26. The number of carbonyl (C=O) groups excluding carboxylic acids is 2. The Bertz CT molecular complexity index is 429. The summed E-state index contributed by atoms with van der Waals surface area (Å²) < 4.78 is 5.48. The molecule has 1 N–H and O–H groups in total. The highest BCUT2D eigenvalue weighted by Crippen LogP contribution is 2.28. The molecule has 1 aliphatic rings. The van der Waals surface area contributed by atoms with Crippen molar-refractivity contribution in [1.29, 1.82) is 0 Å². The van der Waals surface area contributed by atoms with Crippen molar-refractivity contribution in [2.24, 2.45) is 0 Å². The van der Waals surface area contributed by atoms with Crippen LogP contribution in [0.15, 0.2) is 24.3 Å². The molecule has 5 nitrogen and oxygen atoms in total. The van der Waals surface area contributed by atoms with Gasteiger partial charge in [0.05, 0.1) is 25.4 Å². The second-order valence-corrected chi connectivity index (χ2v) is 3.73. The Kier molecular flexibility index (Phi) is 3.27. The lowest BCUT2D eigenvalue weighted by atomic mass is 10.2. The molecule has 2 amide bonds. The van der Waals surface area contributed by atoms with Crippen LogP contribution in [0.1, 0.15) is 6.92 Å². The van der Waals surface area contributed by atoms with Gasteiger partial charge in [-0.2, -0.15) is 0 Å². The van der Waals surface area contributed by atoms with Crippen molar-refractivity contribution in [3.63, 3.8) is 0 Å². The number of hydrogen-bond donors (Lipinski definition) is 1. The van der Waals surface area contributed by atoms with E-state index in [4.69, 9.17) is 4.74 Å². The normalized spacial score (nSPS) is 15.7. The number of nitrogens with one attached hydrogen (secondary N) is 1. The zero-order valence-electron chi connectivity index (χ0n) is 9.60. The van der Waals surface area contributed by atoms with Gasteiger partial charge in [0.2, 0.25) is 11.8 Å². The summed E-state index contributed by atoms with van der Waals surface area (Å²) in [6, 6.07) is 7.39. The molecule has 1 saturated heterocycles. The molecule has 0 saturated carbocycles. The van der Waals surface area contributed by atoms with Gasteiger partial charge < -0.3 is 9.64 Å². The smallest absolute Gasteiger partial charge is 0.246 e. The van der Waals surface area contributed by atoms with Gasteiger partial charge in [-0.3, -0.25) is 14.9 Å². The van der Waals surface area contributed by atoms with Crippen LogP contribution in [0.5, 0.6) is 5.75 Å². The number of anilines is 1. The number of ether oxygens (including phenoxy) is 1. The maximum Gasteiger partial charge on any atom is 0.246 e. The molecule has 17 heavy (non-hydrogen) atoms. The third-order valence-corrected chi connectivity index (χ3v) is 2.45. The van der Waals surface area contributed by atoms with Gasteiger partial charge in [-0.05, 0) is 19.1 Å². The SMILES string of the molecule is CCOc1ccccc1N1CC(=O)NC(=O)C1. The van der Waals surface area contributed by atoms with Crippen LogP contribution < -0.4 is 15.0 Å². The fourth-order valence-corrected chi connectivity index (χ4v) is 1.80. The molecule has 2 rings (SSSR count). The van der Waals surface area contributed by atoms with Crippen LogP contribution in [-0.2, 0) is 9.59 Å². The third-order valence-electron chi connectivity index (χ3n) is 2.45. The van der Waals surface area contributed by atoms with Crippen molar-refractivity contribution in [3.05, 3.63) is 24.3 Å². The lowest BCUT2D eigenvalue weighted by Gasteiger charge is -2.28. The zero-order valence-corrected chi connectivity index (χ0v) is 9.60. The molecule has 1 aliphatic heterocycles. The Hall–Kier alpha value is -2.04. The summed E-state index contributed by atoms with van der Waals surface area (Å²) in [6.45, 7) is 2.79. The van der Waals surface area contributed by atoms with Gasteiger partial charge in [-0.15, -0.1) is 0 Å². The van der Waals surface area contributed by atoms with Crippen molar-refractivity contribution < 1.29 is 14.3 Å². The summed E-state index contributed by atoms with van der Waals surface area (Å²) in [5.74, 6) is 0.123. The first-order chi connectivity index (χ1) is 8.20. The van der Waals surface area contributed by atoms with E-state index >= 15 is 0 Å². The number of rotatable bonds is 3. The number of amides is 2. The number of hydrogen-bond acceptors (Lipinski definition) is 4. The quantitative estimate of drug-likeness (QED) is 0.776. The molecule has 90 valence electrons. The standard InChI is InChI=1S/C12H14N2O3/c1-2-17-10-6-4-3-5-9(10)14-7-11(15)13-12(16)8-14/h3-6H,2,7-8H2,1H3,(H,13,15,16). The number of para-hydroxylation sites is 2. The Morgan fingerprint density at radius 3 is 2.53 bits per heavy atom. The lowest BCUT2D eigenvalue weighted by molar-refractivity contribution is -0.130. The van der Waals surface area contributed by atoms with Gasteiger partial charge in [0, 0.05) is 0 Å². The topological polar surface area (TPSA) is 58.6 Å². The third kappa shape index (κ3) is 2.55. The lowest BCUT2D eigenvalue weighted by Crippen LogP contribution is -2.51. The summed E-state index contributed by atoms with van der Waals surface area (Å²) in [5, 5.41) is 2.27. The molecule has 0 radical (unpaired) electrons. The van der Waals surface area contributed by atoms with Crippen LogP contribution in [-0.4, -0.2) is 31.5 Å². The van der Waals surface area contributed by atoms with Gasteiger partial charge in [0.15, 0.2) is 0 Å². The molecule has 1 aromatic carbocycles. The summed E-state index contributed by atoms with van der Waals surface area (Å²) >= 11 is 0. The molecule has 1 heterocycles. The molecule has 1 fully saturated rings. The molecule has 0 spiro atoms. The fourth-order valence-electron chi connectivity index (χ4n) is 1.80. The highest BCUT2D eigenvalue weighted by atomic mass is 16.5. The second kappa shape index (κ2) is 4.86. The number of benzene rings is 1. The summed E-state index contributed by atoms with van der Waals surface area (Å²) in [6.07, 6.45) is 0. The molecule has 0 atom stereocenters. The summed E-state index contributed by atoms with van der Waals surface area (Å²) in [7, 11) is 0. The zero-order chi connectivity index (χ0) is 12.3. The van der Waals surface area contributed by atoms with E-state index in [0.29, 0.717) is 12.4 Å². The largest absolute Gasteiger partial charge is 0.492 e. The monoisotopic (exact) mass is 234 g/mol. The highest BCUT2D eigenvalue weighted by Gasteiger charge is 2.24. The minimum Gasteiger partial charge on any atom is -0.492 e. The van der Waals surface area contributed by atoms with E-state index in [2.05, 4.69) is 5.32 Å². The second-order valence-electron chi connectivity index (χ2n) is 3.73. The molecule has 1 aromatic rings. The van der Waals surface area contributed by atoms with Crippen molar-refractivity contribution in [1.82, 2.24) is 5.32 Å². The van der Waals surface area contributed by atoms with Crippen molar-refractivity contribution in [2.75, 3.05) is 24.6 Å². The minimum atomic E-state index is -0.285. The van der Waals surface area contributed by atoms with Gasteiger partial charge in [-0.25, -0.2) is 0 Å². The van der Waals surface area contributed by atoms with E-state index in [9.17, 15) is 9.59 Å². The average molecular weight is 234 g/mol. The predicted molar refractivity (Wildman–Crippen MR) is 63.0 cm³/mol. The van der Waals surface area contributed by atoms with E-state index in [-0.39, 0.29) is 24.9 Å². The van der Waals surface area contributed by atoms with Crippen LogP contribution in [0.3, 0.4) is 0 Å². The first kappa shape index (κ1) is 11.4. The van der Waals surface area contributed by atoms with Crippen molar-refractivity contribution in [3.8, 4) is 5.75 Å². The van der Waals surface area contributed by atoms with Crippen LogP contribution in [0.2, 0.25) is 0 Å². The molecule has 0 bridgehead atoms. The van der Waals surface area contributed by atoms with Gasteiger partial charge in [0.1, 0.15) is 5.75 Å². The molecule has 0 aromatic heterocycles. The van der Waals surface area contributed by atoms with Gasteiger partial charge in [0.25, 0.3) is 0 Å². The van der Waals surface area contributed by atoms with E-state index in [0.717, 1.165) is 5.69 Å². The van der Waals surface area contributed by atoms with Gasteiger partial charge >= 0.3 is 0 Å². The van der Waals surface area contributed by atoms with Crippen LogP contribution in [0.25, 0.3) is 0 Å². The maximum absolute atomic E-state index is 11.3. The predicted octanol–water partition coefficient (Wildman–Crippen LogP) is 0.548. The Morgan fingerprint density at radius 2 is 1.88 bits per heavy atom. The molecule has 0 aliphatic carbocycles. The van der Waals surface area contributed by atoms with Crippen molar-refractivity contribution in [2.45, 2.75) is 6.92 Å². The summed E-state index contributed by atoms with van der Waals surface area (Å²) in [4.78, 5) is 24.3. The molecular formula is C12H14N2O3. The number of carbonyl (C=O) groups is 2. The van der Waals surface area contributed by atoms with E-state index in [1.165, 1.54) is 0 Å². The van der Waals surface area contributed by atoms with Crippen molar-refractivity contribution >= 4 is 17.5 Å². The van der Waals surface area contributed by atoms with Crippen LogP contribution in [0, 0.1) is 0 Å².